The van der Waals surface area contributed by atoms with Crippen LogP contribution in [0.5, 0.6) is 5.75 Å². The van der Waals surface area contributed by atoms with Crippen LogP contribution in [-0.4, -0.2) is 5.97 Å². The van der Waals surface area contributed by atoms with Gasteiger partial charge in [-0.05, 0) is 42.3 Å². The summed E-state index contributed by atoms with van der Waals surface area (Å²) in [4.78, 5) is 11.4. The molecule has 0 aromatic heterocycles. The molecule has 3 nitrogen and oxygen atoms in total. The van der Waals surface area contributed by atoms with Crippen molar-refractivity contribution in [1.82, 2.24) is 0 Å². The molecule has 0 radical (unpaired) electrons. The Balaban J connectivity index is 2.17. The molecule has 0 aliphatic carbocycles. The van der Waals surface area contributed by atoms with Crippen LogP contribution in [0.25, 0.3) is 11.1 Å². The predicted octanol–water partition coefficient (Wildman–Crippen LogP) is 3.71. The fourth-order valence-corrected chi connectivity index (χ4v) is 1.65. The van der Waals surface area contributed by atoms with Crippen molar-refractivity contribution in [3.05, 3.63) is 66.2 Å². The molecule has 0 saturated carbocycles. The van der Waals surface area contributed by atoms with Crippen LogP contribution in [-0.2, 0) is 4.79 Å². The Labute approximate surface area is 117 Å². The molecule has 0 aliphatic heterocycles. The Bertz CT molecular complexity index is 676. The van der Waals surface area contributed by atoms with E-state index in [1.165, 1.54) is 0 Å². The lowest BCUT2D eigenvalue weighted by Gasteiger charge is -2.05. The van der Waals surface area contributed by atoms with Gasteiger partial charge in [0.05, 0.1) is 11.6 Å². The summed E-state index contributed by atoms with van der Waals surface area (Å²) in [6.45, 7) is 5.14. The summed E-state index contributed by atoms with van der Waals surface area (Å²) in [6.07, 6.45) is 0. The van der Waals surface area contributed by atoms with Crippen molar-refractivity contribution in [2.75, 3.05) is 0 Å². The van der Waals surface area contributed by atoms with E-state index in [2.05, 4.69) is 12.6 Å². The van der Waals surface area contributed by atoms with Gasteiger partial charge < -0.3 is 4.74 Å². The first-order valence-electron chi connectivity index (χ1n) is 6.08. The van der Waals surface area contributed by atoms with Gasteiger partial charge in [-0.3, -0.25) is 0 Å². The zero-order valence-corrected chi connectivity index (χ0v) is 11.1. The first-order chi connectivity index (χ1) is 9.60. The van der Waals surface area contributed by atoms with Crippen molar-refractivity contribution >= 4 is 5.97 Å². The molecule has 0 bridgehead atoms. The van der Waals surface area contributed by atoms with Gasteiger partial charge in [-0.2, -0.15) is 5.26 Å². The summed E-state index contributed by atoms with van der Waals surface area (Å²) in [5.74, 6) is 0.0477. The predicted molar refractivity (Wildman–Crippen MR) is 77.0 cm³/mol. The lowest BCUT2D eigenvalue weighted by Crippen LogP contribution is -2.07. The lowest BCUT2D eigenvalue weighted by molar-refractivity contribution is -0.130. The Kier molecular flexibility index (Phi) is 3.97. The highest BCUT2D eigenvalue weighted by molar-refractivity contribution is 5.88. The van der Waals surface area contributed by atoms with E-state index in [0.29, 0.717) is 16.9 Å². The zero-order chi connectivity index (χ0) is 14.5. The van der Waals surface area contributed by atoms with Crippen LogP contribution in [0.15, 0.2) is 60.7 Å². The standard InChI is InChI=1S/C17H13NO2/c1-12(2)17(19)20-16-9-7-15(8-10-16)14-5-3-13(11-18)4-6-14/h3-10H,1H2,2H3. The van der Waals surface area contributed by atoms with E-state index in [1.807, 2.05) is 24.3 Å². The topological polar surface area (TPSA) is 50.1 Å². The highest BCUT2D eigenvalue weighted by Gasteiger charge is 2.05. The Hall–Kier alpha value is -2.86. The van der Waals surface area contributed by atoms with E-state index < -0.39 is 5.97 Å². The van der Waals surface area contributed by atoms with Gasteiger partial charge in [0.2, 0.25) is 0 Å². The van der Waals surface area contributed by atoms with Crippen molar-refractivity contribution < 1.29 is 9.53 Å². The van der Waals surface area contributed by atoms with Gasteiger partial charge in [0.15, 0.2) is 0 Å². The van der Waals surface area contributed by atoms with Crippen LogP contribution in [0.1, 0.15) is 12.5 Å². The summed E-state index contributed by atoms with van der Waals surface area (Å²) >= 11 is 0. The highest BCUT2D eigenvalue weighted by atomic mass is 16.5. The third-order valence-corrected chi connectivity index (χ3v) is 2.76. The molecule has 0 N–H and O–H groups in total. The minimum Gasteiger partial charge on any atom is -0.423 e. The highest BCUT2D eigenvalue weighted by Crippen LogP contribution is 2.23. The summed E-state index contributed by atoms with van der Waals surface area (Å²) in [5, 5.41) is 8.76. The van der Waals surface area contributed by atoms with Crippen molar-refractivity contribution in [2.24, 2.45) is 0 Å². The van der Waals surface area contributed by atoms with Gasteiger partial charge in [0.25, 0.3) is 0 Å². The maximum atomic E-state index is 11.4. The maximum absolute atomic E-state index is 11.4. The maximum Gasteiger partial charge on any atom is 0.338 e. The molecular formula is C17H13NO2. The van der Waals surface area contributed by atoms with Crippen LogP contribution in [0, 0.1) is 11.3 Å². The van der Waals surface area contributed by atoms with Crippen LogP contribution in [0.4, 0.5) is 0 Å². The number of carbonyl (C=O) groups excluding carboxylic acids is 1. The number of nitrogens with zero attached hydrogens (tertiary/aromatic N) is 1. The van der Waals surface area contributed by atoms with Crippen LogP contribution in [0.2, 0.25) is 0 Å². The van der Waals surface area contributed by atoms with Gasteiger partial charge in [-0.25, -0.2) is 4.79 Å². The van der Waals surface area contributed by atoms with Crippen molar-refractivity contribution in [2.45, 2.75) is 6.92 Å². The molecule has 0 saturated heterocycles. The molecule has 0 unspecified atom stereocenters. The summed E-state index contributed by atoms with van der Waals surface area (Å²) in [7, 11) is 0. The largest absolute Gasteiger partial charge is 0.423 e. The first kappa shape index (κ1) is 13.6. The molecule has 0 spiro atoms. The number of hydrogen-bond donors (Lipinski definition) is 0. The Morgan fingerprint density at radius 3 is 2.00 bits per heavy atom. The third kappa shape index (κ3) is 3.12. The summed E-state index contributed by atoms with van der Waals surface area (Å²) in [5.41, 5.74) is 2.98. The molecule has 0 amide bonds. The monoisotopic (exact) mass is 263 g/mol. The second-order valence-electron chi connectivity index (χ2n) is 4.38. The van der Waals surface area contributed by atoms with Crippen LogP contribution >= 0.6 is 0 Å². The normalized spacial score (nSPS) is 9.60. The molecule has 2 aromatic rings. The summed E-state index contributed by atoms with van der Waals surface area (Å²) < 4.78 is 5.12. The van der Waals surface area contributed by atoms with Crippen molar-refractivity contribution in [1.29, 1.82) is 5.26 Å². The first-order valence-corrected chi connectivity index (χ1v) is 6.08. The van der Waals surface area contributed by atoms with Crippen LogP contribution < -0.4 is 4.74 Å². The van der Waals surface area contributed by atoms with Gasteiger partial charge >= 0.3 is 5.97 Å². The van der Waals surface area contributed by atoms with Crippen LogP contribution in [0.3, 0.4) is 0 Å². The molecule has 20 heavy (non-hydrogen) atoms. The fraction of sp³-hybridized carbons (Fsp3) is 0.0588. The molecule has 0 heterocycles. The van der Waals surface area contributed by atoms with E-state index >= 15 is 0 Å². The number of nitriles is 1. The average Bonchev–Trinajstić information content (AvgIpc) is 2.48. The van der Waals surface area contributed by atoms with Crippen molar-refractivity contribution in [3.63, 3.8) is 0 Å². The zero-order valence-electron chi connectivity index (χ0n) is 11.1. The van der Waals surface area contributed by atoms with Crippen molar-refractivity contribution in [3.8, 4) is 22.9 Å². The number of rotatable bonds is 3. The second kappa shape index (κ2) is 5.85. The number of hydrogen-bond acceptors (Lipinski definition) is 3. The lowest BCUT2D eigenvalue weighted by atomic mass is 10.0. The summed E-state index contributed by atoms with van der Waals surface area (Å²) in [6, 6.07) is 16.6. The third-order valence-electron chi connectivity index (χ3n) is 2.76. The molecule has 0 atom stereocenters. The minimum atomic E-state index is -0.434. The number of ether oxygens (including phenoxy) is 1. The molecular weight excluding hydrogens is 250 g/mol. The smallest absolute Gasteiger partial charge is 0.338 e. The number of esters is 1. The quantitative estimate of drug-likeness (QED) is 0.482. The molecule has 3 heteroatoms. The SMILES string of the molecule is C=C(C)C(=O)Oc1ccc(-c2ccc(C#N)cc2)cc1. The minimum absolute atomic E-state index is 0.362. The van der Waals surface area contributed by atoms with Gasteiger partial charge in [-0.15, -0.1) is 0 Å². The van der Waals surface area contributed by atoms with E-state index in [4.69, 9.17) is 10.00 Å². The number of benzene rings is 2. The molecule has 2 aromatic carbocycles. The second-order valence-corrected chi connectivity index (χ2v) is 4.38. The Morgan fingerprint density at radius 1 is 1.05 bits per heavy atom. The molecule has 0 aliphatic rings. The van der Waals surface area contributed by atoms with Gasteiger partial charge in [-0.1, -0.05) is 30.8 Å². The fourth-order valence-electron chi connectivity index (χ4n) is 1.65. The van der Waals surface area contributed by atoms with Gasteiger partial charge in [0.1, 0.15) is 5.75 Å². The molecule has 98 valence electrons. The van der Waals surface area contributed by atoms with E-state index in [1.54, 1.807) is 31.2 Å². The van der Waals surface area contributed by atoms with E-state index in [9.17, 15) is 4.79 Å². The van der Waals surface area contributed by atoms with Gasteiger partial charge in [0, 0.05) is 5.57 Å². The number of carbonyl (C=O) groups is 1. The Morgan fingerprint density at radius 2 is 1.55 bits per heavy atom. The van der Waals surface area contributed by atoms with E-state index in [-0.39, 0.29) is 0 Å². The molecule has 0 fully saturated rings. The van der Waals surface area contributed by atoms with E-state index in [0.717, 1.165) is 11.1 Å². The average molecular weight is 263 g/mol. The molecule has 2 rings (SSSR count).